The lowest BCUT2D eigenvalue weighted by Gasteiger charge is -2.13. The molecule has 2 aliphatic heterocycles. The Balaban J connectivity index is 1.10. The minimum atomic E-state index is 0.470. The molecule has 0 atom stereocenters. The zero-order valence-corrected chi connectivity index (χ0v) is 37.7. The van der Waals surface area contributed by atoms with Crippen LogP contribution in [0.2, 0.25) is 0 Å². The summed E-state index contributed by atoms with van der Waals surface area (Å²) in [6.07, 6.45) is 3.48. The van der Waals surface area contributed by atoms with E-state index in [-0.39, 0.29) is 0 Å². The van der Waals surface area contributed by atoms with E-state index in [0.717, 1.165) is 34.0 Å². The number of ether oxygens (including phenoxy) is 4. The van der Waals surface area contributed by atoms with Gasteiger partial charge in [0.2, 0.25) is 22.1 Å². The summed E-state index contributed by atoms with van der Waals surface area (Å²) >= 11 is 3.03. The fraction of sp³-hybridized carbons (Fsp3) is 0.125. The van der Waals surface area contributed by atoms with Crippen LogP contribution in [0.4, 0.5) is 0 Å². The zero-order valence-electron chi connectivity index (χ0n) is 36.1. The summed E-state index contributed by atoms with van der Waals surface area (Å²) in [7, 11) is 3.27. The van der Waals surface area contributed by atoms with Gasteiger partial charge in [-0.15, -0.1) is 20.4 Å². The molecule has 0 amide bonds. The maximum Gasteiger partial charge on any atom is 0.231 e. The summed E-state index contributed by atoms with van der Waals surface area (Å²) in [5.74, 6) is 5.82. The molecule has 0 aliphatic carbocycles. The summed E-state index contributed by atoms with van der Waals surface area (Å²) in [4.78, 5) is 0. The second-order valence-electron chi connectivity index (χ2n) is 14.7. The molecule has 2 aliphatic rings. The lowest BCUT2D eigenvalue weighted by Crippen LogP contribution is -2.02. The summed E-state index contributed by atoms with van der Waals surface area (Å²) in [5.41, 5.74) is 5.99. The van der Waals surface area contributed by atoms with E-state index in [4.69, 9.17) is 39.3 Å². The van der Waals surface area contributed by atoms with E-state index in [2.05, 4.69) is 20.4 Å². The fourth-order valence-electron chi connectivity index (χ4n) is 7.07. The summed E-state index contributed by atoms with van der Waals surface area (Å²) in [6.45, 7) is 3.85. The molecule has 66 heavy (non-hydrogen) atoms. The number of methoxy groups -OCH3 is 2. The first-order chi connectivity index (χ1) is 32.4. The number of nitrogens with zero attached hydrogens (tertiary/aromatic N) is 12. The Hall–Kier alpha value is -7.96. The lowest BCUT2D eigenvalue weighted by atomic mass is 10.2. The number of fused-ring (bicyclic) bond motifs is 5. The predicted octanol–water partition coefficient (Wildman–Crippen LogP) is 9.76. The van der Waals surface area contributed by atoms with E-state index in [1.54, 1.807) is 45.4 Å². The van der Waals surface area contributed by atoms with Gasteiger partial charge in [0.1, 0.15) is 23.0 Å². The third-order valence-corrected chi connectivity index (χ3v) is 12.6. The molecule has 18 heteroatoms. The topological polar surface area (TPSA) is 159 Å². The Morgan fingerprint density at radius 3 is 1.26 bits per heavy atom. The Kier molecular flexibility index (Phi) is 11.9. The van der Waals surface area contributed by atoms with Gasteiger partial charge in [0.15, 0.2) is 11.6 Å². The van der Waals surface area contributed by atoms with Crippen LogP contribution < -0.4 is 18.9 Å². The SMILES string of the molecule is COc1ccc(-c2nnc3n2/N=C/c2c(C)nn(-c4ccccc4)c2Oc2ccc(cc2)Oc2c(c(C)nn2-c2ccccc2)/C=N/n2c(nnc2-c2ccc(OC)cc2)SCCS3)cc1. The van der Waals surface area contributed by atoms with E-state index < -0.39 is 0 Å². The largest absolute Gasteiger partial charge is 0.497 e. The predicted molar refractivity (Wildman–Crippen MR) is 255 cm³/mol. The average molecular weight is 913 g/mol. The molecule has 5 aromatic carbocycles. The second-order valence-corrected chi connectivity index (χ2v) is 16.8. The molecule has 0 saturated heterocycles. The summed E-state index contributed by atoms with van der Waals surface area (Å²) < 4.78 is 31.3. The van der Waals surface area contributed by atoms with Crippen molar-refractivity contribution in [2.75, 3.05) is 25.7 Å². The first kappa shape index (κ1) is 42.0. The van der Waals surface area contributed by atoms with Crippen LogP contribution in [-0.4, -0.2) is 87.5 Å². The quantitative estimate of drug-likeness (QED) is 0.156. The van der Waals surface area contributed by atoms with Crippen molar-refractivity contribution in [3.05, 3.63) is 156 Å². The van der Waals surface area contributed by atoms with Gasteiger partial charge in [-0.05, 0) is 111 Å². The molecule has 16 nitrogen and oxygen atoms in total. The molecule has 0 saturated carbocycles. The maximum atomic E-state index is 6.73. The molecule has 0 fully saturated rings. The number of benzene rings is 5. The van der Waals surface area contributed by atoms with Gasteiger partial charge in [0, 0.05) is 22.6 Å². The van der Waals surface area contributed by atoms with E-state index >= 15 is 0 Å². The highest BCUT2D eigenvalue weighted by Crippen LogP contribution is 2.35. The van der Waals surface area contributed by atoms with E-state index in [9.17, 15) is 0 Å². The third kappa shape index (κ3) is 8.53. The van der Waals surface area contributed by atoms with Crippen LogP contribution in [-0.2, 0) is 0 Å². The fourth-order valence-corrected chi connectivity index (χ4v) is 8.81. The van der Waals surface area contributed by atoms with Crippen molar-refractivity contribution in [2.24, 2.45) is 10.2 Å². The normalized spacial score (nSPS) is 13.7. The molecule has 9 aromatic rings. The minimum absolute atomic E-state index is 0.470. The number of para-hydroxylation sites is 2. The van der Waals surface area contributed by atoms with E-state index in [1.807, 2.05) is 147 Å². The Bertz CT molecular complexity index is 2970. The third-order valence-electron chi connectivity index (χ3n) is 10.5. The average Bonchev–Trinajstić information content (AvgIpc) is 4.12. The number of hydrogen-bond acceptors (Lipinski definition) is 14. The molecule has 11 rings (SSSR count). The molecule has 328 valence electrons. The molecule has 0 radical (unpaired) electrons. The van der Waals surface area contributed by atoms with Gasteiger partial charge >= 0.3 is 0 Å². The van der Waals surface area contributed by atoms with Crippen LogP contribution in [0, 0.1) is 13.8 Å². The van der Waals surface area contributed by atoms with Crippen molar-refractivity contribution >= 4 is 36.0 Å². The number of rotatable bonds is 6. The number of hydrogen-bond donors (Lipinski definition) is 0. The standard InChI is InChI=1S/C48H40N12O4S2/c1-31-41-29-49-59-43(33-15-19-37(61-3)20-16-33)51-53-47(59)65-27-28-66-48-54-52-44(34-17-21-38(62-4)22-18-34)60(48)50-30-42-32(2)56-58(36-13-9-6-10-14-36)46(42)64-40-25-23-39(24-26-40)63-45(41)57(55-31)35-11-7-5-8-12-35/h5-26,29-30H,27-28H2,1-4H3/b49-29+,50-30+. The Labute approximate surface area is 387 Å². The Morgan fingerprint density at radius 1 is 0.485 bits per heavy atom. The summed E-state index contributed by atoms with van der Waals surface area (Å²) in [6, 6.07) is 42.3. The number of aryl methyl sites for hydroxylation is 2. The van der Waals surface area contributed by atoms with Crippen LogP contribution in [0.3, 0.4) is 0 Å². The van der Waals surface area contributed by atoms with Crippen LogP contribution in [0.5, 0.6) is 34.8 Å². The lowest BCUT2D eigenvalue weighted by molar-refractivity contribution is 0.414. The second kappa shape index (κ2) is 18.6. The number of aromatic nitrogens is 10. The first-order valence-corrected chi connectivity index (χ1v) is 22.7. The highest BCUT2D eigenvalue weighted by molar-refractivity contribution is 8.02. The van der Waals surface area contributed by atoms with Crippen LogP contribution in [0.15, 0.2) is 154 Å². The van der Waals surface area contributed by atoms with Gasteiger partial charge in [0.05, 0.1) is 60.5 Å². The molecule has 2 bridgehead atoms. The van der Waals surface area contributed by atoms with Gasteiger partial charge < -0.3 is 18.9 Å². The first-order valence-electron chi connectivity index (χ1n) is 20.7. The smallest absolute Gasteiger partial charge is 0.231 e. The van der Waals surface area contributed by atoms with Crippen LogP contribution in [0.1, 0.15) is 22.5 Å². The van der Waals surface area contributed by atoms with Gasteiger partial charge in [0.25, 0.3) is 0 Å². The summed E-state index contributed by atoms with van der Waals surface area (Å²) in [5, 5.41) is 39.6. The number of thioether (sulfide) groups is 2. The van der Waals surface area contributed by atoms with Crippen molar-refractivity contribution in [2.45, 2.75) is 24.2 Å². The highest BCUT2D eigenvalue weighted by Gasteiger charge is 2.23. The molecule has 0 N–H and O–H groups in total. The van der Waals surface area contributed by atoms with Crippen LogP contribution in [0.25, 0.3) is 34.2 Å². The van der Waals surface area contributed by atoms with E-state index in [0.29, 0.717) is 79.2 Å². The van der Waals surface area contributed by atoms with Crippen molar-refractivity contribution in [1.82, 2.24) is 49.3 Å². The molecule has 0 unspecified atom stereocenters. The zero-order chi connectivity index (χ0) is 45.0. The van der Waals surface area contributed by atoms with Gasteiger partial charge in [-0.1, -0.05) is 59.9 Å². The molecule has 6 heterocycles. The highest BCUT2D eigenvalue weighted by atomic mass is 32.2. The van der Waals surface area contributed by atoms with Crippen LogP contribution >= 0.6 is 23.5 Å². The molecule has 0 spiro atoms. The van der Waals surface area contributed by atoms with Gasteiger partial charge in [-0.25, -0.2) is 0 Å². The van der Waals surface area contributed by atoms with Crippen molar-refractivity contribution < 1.29 is 18.9 Å². The van der Waals surface area contributed by atoms with Gasteiger partial charge in [-0.3, -0.25) is 0 Å². The monoisotopic (exact) mass is 912 g/mol. The molecular weight excluding hydrogens is 873 g/mol. The minimum Gasteiger partial charge on any atom is -0.497 e. The van der Waals surface area contributed by atoms with Crippen molar-refractivity contribution in [3.8, 4) is 68.9 Å². The van der Waals surface area contributed by atoms with E-state index in [1.165, 1.54) is 23.5 Å². The molecule has 4 aromatic heterocycles. The van der Waals surface area contributed by atoms with Crippen molar-refractivity contribution in [1.29, 1.82) is 0 Å². The van der Waals surface area contributed by atoms with Crippen molar-refractivity contribution in [3.63, 3.8) is 0 Å². The maximum absolute atomic E-state index is 6.73. The van der Waals surface area contributed by atoms with Gasteiger partial charge in [-0.2, -0.15) is 39.1 Å². The molecular formula is C48H40N12O4S2. The Morgan fingerprint density at radius 2 is 0.879 bits per heavy atom.